The minimum atomic E-state index is -3.53. The van der Waals surface area contributed by atoms with Crippen LogP contribution in [0.2, 0.25) is 0 Å². The van der Waals surface area contributed by atoms with E-state index in [2.05, 4.69) is 18.0 Å². The third-order valence-electron chi connectivity index (χ3n) is 2.78. The summed E-state index contributed by atoms with van der Waals surface area (Å²) >= 11 is 0. The van der Waals surface area contributed by atoms with Crippen molar-refractivity contribution in [3.8, 4) is 0 Å². The molecule has 0 fully saturated rings. The lowest BCUT2D eigenvalue weighted by Gasteiger charge is -2.18. The molecule has 112 valence electrons. The molecule has 3 nitrogen and oxygen atoms in total. The second-order valence-corrected chi connectivity index (χ2v) is 6.83. The Morgan fingerprint density at radius 2 is 1.76 bits per heavy atom. The number of nitrogens with zero attached hydrogens (tertiary/aromatic N) is 1. The molecule has 0 aliphatic heterocycles. The molecule has 0 unspecified atom stereocenters. The minimum Gasteiger partial charge on any atom is -0.207 e. The molecule has 0 N–H and O–H groups in total. The van der Waals surface area contributed by atoms with Gasteiger partial charge in [0.25, 0.3) is 0 Å². The van der Waals surface area contributed by atoms with Crippen LogP contribution in [-0.2, 0) is 10.0 Å². The van der Waals surface area contributed by atoms with E-state index in [4.69, 9.17) is 0 Å². The molecular weight excluding hydrogens is 282 g/mol. The van der Waals surface area contributed by atoms with E-state index in [1.807, 2.05) is 20.8 Å². The SMILES string of the molecule is C=C=CCN(CC=C=C(C)C)S(=O)(=O)c1ccc(C)cc1. The van der Waals surface area contributed by atoms with Gasteiger partial charge >= 0.3 is 0 Å². The molecule has 0 saturated carbocycles. The lowest BCUT2D eigenvalue weighted by atomic mass is 10.2. The maximum atomic E-state index is 12.6. The zero-order valence-corrected chi connectivity index (χ0v) is 13.6. The van der Waals surface area contributed by atoms with Crippen LogP contribution in [0.3, 0.4) is 0 Å². The maximum absolute atomic E-state index is 12.6. The predicted molar refractivity (Wildman–Crippen MR) is 86.6 cm³/mol. The van der Waals surface area contributed by atoms with Gasteiger partial charge in [0, 0.05) is 13.1 Å². The molecule has 1 aromatic rings. The van der Waals surface area contributed by atoms with Crippen LogP contribution in [0.5, 0.6) is 0 Å². The summed E-state index contributed by atoms with van der Waals surface area (Å²) in [6, 6.07) is 6.83. The number of benzene rings is 1. The van der Waals surface area contributed by atoms with Crippen molar-refractivity contribution >= 4 is 10.0 Å². The maximum Gasteiger partial charge on any atom is 0.243 e. The van der Waals surface area contributed by atoms with Crippen LogP contribution in [0.4, 0.5) is 0 Å². The highest BCUT2D eigenvalue weighted by atomic mass is 32.2. The Bertz CT molecular complexity index is 683. The van der Waals surface area contributed by atoms with Gasteiger partial charge in [-0.25, -0.2) is 8.42 Å². The van der Waals surface area contributed by atoms with Crippen LogP contribution in [0.25, 0.3) is 0 Å². The van der Waals surface area contributed by atoms with E-state index in [1.165, 1.54) is 4.31 Å². The minimum absolute atomic E-state index is 0.237. The molecular formula is C17H21NO2S. The van der Waals surface area contributed by atoms with Crippen molar-refractivity contribution < 1.29 is 8.42 Å². The Balaban J connectivity index is 3.13. The number of rotatable bonds is 6. The summed E-state index contributed by atoms with van der Waals surface area (Å²) in [5.74, 6) is 0. The third-order valence-corrected chi connectivity index (χ3v) is 4.63. The molecule has 0 aromatic heterocycles. The Morgan fingerprint density at radius 1 is 1.19 bits per heavy atom. The molecule has 4 heteroatoms. The molecule has 0 saturated heterocycles. The summed E-state index contributed by atoms with van der Waals surface area (Å²) in [7, 11) is -3.53. The van der Waals surface area contributed by atoms with Gasteiger partial charge in [0.2, 0.25) is 10.0 Å². The van der Waals surface area contributed by atoms with Gasteiger partial charge in [0.1, 0.15) is 0 Å². The lowest BCUT2D eigenvalue weighted by Crippen LogP contribution is -2.31. The van der Waals surface area contributed by atoms with Gasteiger partial charge in [0.05, 0.1) is 4.90 Å². The van der Waals surface area contributed by atoms with Gasteiger partial charge in [-0.15, -0.1) is 11.5 Å². The summed E-state index contributed by atoms with van der Waals surface area (Å²) in [6.07, 6.45) is 3.32. The number of hydrogen-bond donors (Lipinski definition) is 0. The predicted octanol–water partition coefficient (Wildman–Crippen LogP) is 3.45. The summed E-state index contributed by atoms with van der Waals surface area (Å²) in [5, 5.41) is 0. The van der Waals surface area contributed by atoms with Crippen molar-refractivity contribution in [1.82, 2.24) is 4.31 Å². The monoisotopic (exact) mass is 303 g/mol. The second-order valence-electron chi connectivity index (χ2n) is 4.89. The summed E-state index contributed by atoms with van der Waals surface area (Å²) < 4.78 is 26.6. The quantitative estimate of drug-likeness (QED) is 0.755. The van der Waals surface area contributed by atoms with E-state index in [0.29, 0.717) is 0 Å². The average Bonchev–Trinajstić information content (AvgIpc) is 2.42. The van der Waals surface area contributed by atoms with E-state index >= 15 is 0 Å². The van der Waals surface area contributed by atoms with Gasteiger partial charge < -0.3 is 0 Å². The zero-order valence-electron chi connectivity index (χ0n) is 12.8. The molecule has 0 radical (unpaired) electrons. The molecule has 0 heterocycles. The highest BCUT2D eigenvalue weighted by molar-refractivity contribution is 7.89. The first-order valence-corrected chi connectivity index (χ1v) is 8.11. The molecule has 21 heavy (non-hydrogen) atoms. The average molecular weight is 303 g/mol. The standard InChI is InChI=1S/C17H21NO2S/c1-5-6-13-18(14-7-8-15(2)3)21(19,20)17-11-9-16(4)10-12-17/h6-7,9-12H,1,13-14H2,2-4H3. The van der Waals surface area contributed by atoms with Crippen LogP contribution < -0.4 is 0 Å². The fraction of sp³-hybridized carbons (Fsp3) is 0.294. The Labute approximate surface area is 127 Å². The van der Waals surface area contributed by atoms with Crippen molar-refractivity contribution in [2.75, 3.05) is 13.1 Å². The molecule has 0 bridgehead atoms. The van der Waals surface area contributed by atoms with E-state index in [-0.39, 0.29) is 18.0 Å². The van der Waals surface area contributed by atoms with Gasteiger partial charge in [-0.05, 0) is 50.6 Å². The largest absolute Gasteiger partial charge is 0.243 e. The highest BCUT2D eigenvalue weighted by Crippen LogP contribution is 2.16. The van der Waals surface area contributed by atoms with Gasteiger partial charge in [0.15, 0.2) is 0 Å². The summed E-state index contributed by atoms with van der Waals surface area (Å²) in [6.45, 7) is 9.73. The van der Waals surface area contributed by atoms with E-state index in [9.17, 15) is 8.42 Å². The molecule has 0 aliphatic rings. The van der Waals surface area contributed by atoms with Gasteiger partial charge in [-0.2, -0.15) is 4.31 Å². The van der Waals surface area contributed by atoms with Crippen molar-refractivity contribution in [1.29, 1.82) is 0 Å². The number of hydrogen-bond acceptors (Lipinski definition) is 2. The Kier molecular flexibility index (Phi) is 6.41. The van der Waals surface area contributed by atoms with E-state index in [0.717, 1.165) is 11.1 Å². The number of aryl methyl sites for hydroxylation is 1. The zero-order chi connectivity index (χ0) is 15.9. The smallest absolute Gasteiger partial charge is 0.207 e. The van der Waals surface area contributed by atoms with Crippen LogP contribution >= 0.6 is 0 Å². The first-order chi connectivity index (χ1) is 9.87. The van der Waals surface area contributed by atoms with E-state index in [1.54, 1.807) is 36.4 Å². The molecule has 1 rings (SSSR count). The molecule has 0 atom stereocenters. The van der Waals surface area contributed by atoms with Gasteiger partial charge in [-0.1, -0.05) is 24.3 Å². The van der Waals surface area contributed by atoms with Crippen LogP contribution in [0.15, 0.2) is 64.9 Å². The molecule has 0 aliphatic carbocycles. The summed E-state index contributed by atoms with van der Waals surface area (Å²) in [5.41, 5.74) is 7.66. The fourth-order valence-corrected chi connectivity index (χ4v) is 2.97. The third kappa shape index (κ3) is 5.22. The van der Waals surface area contributed by atoms with Crippen molar-refractivity contribution in [3.63, 3.8) is 0 Å². The van der Waals surface area contributed by atoms with Crippen molar-refractivity contribution in [2.45, 2.75) is 25.7 Å². The topological polar surface area (TPSA) is 37.4 Å². The number of sulfonamides is 1. The molecule has 1 aromatic carbocycles. The normalized spacial score (nSPS) is 10.7. The van der Waals surface area contributed by atoms with Gasteiger partial charge in [-0.3, -0.25) is 0 Å². The lowest BCUT2D eigenvalue weighted by molar-refractivity contribution is 0.474. The van der Waals surface area contributed by atoms with Crippen LogP contribution in [0.1, 0.15) is 19.4 Å². The Hall–Kier alpha value is -1.83. The Morgan fingerprint density at radius 3 is 2.29 bits per heavy atom. The fourth-order valence-electron chi connectivity index (χ4n) is 1.65. The van der Waals surface area contributed by atoms with Crippen LogP contribution in [-0.4, -0.2) is 25.8 Å². The van der Waals surface area contributed by atoms with Crippen molar-refractivity contribution in [3.05, 3.63) is 65.6 Å². The van der Waals surface area contributed by atoms with Crippen molar-refractivity contribution in [2.24, 2.45) is 0 Å². The highest BCUT2D eigenvalue weighted by Gasteiger charge is 2.22. The van der Waals surface area contributed by atoms with Crippen LogP contribution in [0, 0.1) is 6.92 Å². The first-order valence-electron chi connectivity index (χ1n) is 6.67. The second kappa shape index (κ2) is 7.82. The van der Waals surface area contributed by atoms with E-state index < -0.39 is 10.0 Å². The first kappa shape index (κ1) is 17.2. The summed E-state index contributed by atoms with van der Waals surface area (Å²) in [4.78, 5) is 0.288. The molecule has 0 amide bonds. The molecule has 0 spiro atoms.